The van der Waals surface area contributed by atoms with E-state index in [1.165, 1.54) is 6.08 Å². The molecule has 0 fully saturated rings. The average Bonchev–Trinajstić information content (AvgIpc) is 2.30. The Morgan fingerprint density at radius 3 is 2.44 bits per heavy atom. The molecule has 0 aromatic rings. The summed E-state index contributed by atoms with van der Waals surface area (Å²) >= 11 is 0. The Bertz CT molecular complexity index is 309. The first-order valence-electron chi connectivity index (χ1n) is 4.94. The Balaban J connectivity index is 4.01. The number of rotatable bonds is 8. The Labute approximate surface area is 97.3 Å². The minimum absolute atomic E-state index is 0.298. The van der Waals surface area contributed by atoms with Gasteiger partial charge in [0.2, 0.25) is 0 Å². The zero-order valence-corrected chi connectivity index (χ0v) is 9.38. The van der Waals surface area contributed by atoms with E-state index >= 15 is 0 Å². The molecule has 0 aromatic carbocycles. The van der Waals surface area contributed by atoms with Gasteiger partial charge in [-0.05, 0) is 11.6 Å². The second-order valence-corrected chi connectivity index (χ2v) is 2.89. The largest absolute Gasteiger partial charge is 0.365 e. The highest BCUT2D eigenvalue weighted by atomic mass is 16.6. The molecule has 86 valence electrons. The van der Waals surface area contributed by atoms with E-state index in [4.69, 9.17) is 4.74 Å². The van der Waals surface area contributed by atoms with E-state index in [-0.39, 0.29) is 0 Å². The molecule has 0 spiro atoms. The zero-order chi connectivity index (χ0) is 12.2. The Morgan fingerprint density at radius 1 is 1.12 bits per heavy atom. The van der Waals surface area contributed by atoms with Crippen LogP contribution in [0.1, 0.15) is 0 Å². The maximum atomic E-state index is 9.41. The molecular formula is C14H18O2. The van der Waals surface area contributed by atoms with Gasteiger partial charge in [-0.1, -0.05) is 62.3 Å². The molecule has 0 saturated carbocycles. The lowest BCUT2D eigenvalue weighted by Gasteiger charge is -2.07. The van der Waals surface area contributed by atoms with E-state index in [2.05, 4.69) is 19.7 Å². The average molecular weight is 218 g/mol. The van der Waals surface area contributed by atoms with Gasteiger partial charge in [0.1, 0.15) is 0 Å². The molecule has 0 aliphatic heterocycles. The molecule has 1 atom stereocenters. The lowest BCUT2D eigenvalue weighted by atomic mass is 10.2. The zero-order valence-electron chi connectivity index (χ0n) is 9.38. The predicted octanol–water partition coefficient (Wildman–Crippen LogP) is 2.92. The molecule has 0 aliphatic carbocycles. The summed E-state index contributed by atoms with van der Waals surface area (Å²) in [5.41, 5.74) is 0.865. The van der Waals surface area contributed by atoms with Gasteiger partial charge in [0.15, 0.2) is 6.29 Å². The van der Waals surface area contributed by atoms with Gasteiger partial charge in [0.05, 0.1) is 6.61 Å². The summed E-state index contributed by atoms with van der Waals surface area (Å²) in [6.45, 7) is 11.0. The van der Waals surface area contributed by atoms with E-state index in [0.29, 0.717) is 6.61 Å². The van der Waals surface area contributed by atoms with E-state index in [9.17, 15) is 5.11 Å². The topological polar surface area (TPSA) is 29.5 Å². The van der Waals surface area contributed by atoms with E-state index in [1.54, 1.807) is 42.5 Å². The van der Waals surface area contributed by atoms with Crippen LogP contribution in [0.5, 0.6) is 0 Å². The van der Waals surface area contributed by atoms with Crippen molar-refractivity contribution in [2.24, 2.45) is 0 Å². The minimum atomic E-state index is -0.928. The van der Waals surface area contributed by atoms with Crippen LogP contribution in [0.4, 0.5) is 0 Å². The van der Waals surface area contributed by atoms with Crippen molar-refractivity contribution in [3.63, 3.8) is 0 Å². The molecule has 1 N–H and O–H groups in total. The quantitative estimate of drug-likeness (QED) is 0.501. The number of allylic oxidation sites excluding steroid dienone is 6. The maximum absolute atomic E-state index is 9.41. The highest BCUT2D eigenvalue weighted by Crippen LogP contribution is 2.00. The van der Waals surface area contributed by atoms with Crippen molar-refractivity contribution >= 4 is 0 Å². The normalized spacial score (nSPS) is 14.2. The van der Waals surface area contributed by atoms with Crippen molar-refractivity contribution in [3.05, 3.63) is 73.9 Å². The smallest absolute Gasteiger partial charge is 0.174 e. The number of aliphatic hydroxyl groups excluding tert-OH is 1. The SMILES string of the molecule is C=CC=CC=CC(O)OCC(C=C)=CC=C. The molecule has 0 aliphatic rings. The van der Waals surface area contributed by atoms with Crippen LogP contribution >= 0.6 is 0 Å². The molecule has 0 radical (unpaired) electrons. The lowest BCUT2D eigenvalue weighted by Crippen LogP contribution is -2.10. The molecule has 0 bridgehead atoms. The van der Waals surface area contributed by atoms with Crippen LogP contribution in [0.3, 0.4) is 0 Å². The third kappa shape index (κ3) is 7.74. The fourth-order valence-corrected chi connectivity index (χ4v) is 0.866. The standard InChI is InChI=1S/C14H18O2/c1-4-7-8-9-11-14(15)16-12-13(6-3)10-5-2/h4-11,14-15H,1-3,12H2. The highest BCUT2D eigenvalue weighted by molar-refractivity contribution is 5.21. The molecule has 2 nitrogen and oxygen atoms in total. The number of ether oxygens (including phenoxy) is 1. The Morgan fingerprint density at radius 2 is 1.88 bits per heavy atom. The molecule has 16 heavy (non-hydrogen) atoms. The summed E-state index contributed by atoms with van der Waals surface area (Å²) < 4.78 is 5.15. The van der Waals surface area contributed by atoms with Crippen molar-refractivity contribution < 1.29 is 9.84 Å². The number of aliphatic hydroxyl groups is 1. The summed E-state index contributed by atoms with van der Waals surface area (Å²) in [4.78, 5) is 0. The van der Waals surface area contributed by atoms with Crippen molar-refractivity contribution in [2.75, 3.05) is 6.61 Å². The number of hydrogen-bond donors (Lipinski definition) is 1. The van der Waals surface area contributed by atoms with Crippen LogP contribution in [-0.4, -0.2) is 18.0 Å². The molecule has 0 aromatic heterocycles. The molecular weight excluding hydrogens is 200 g/mol. The molecule has 1 unspecified atom stereocenters. The predicted molar refractivity (Wildman–Crippen MR) is 68.9 cm³/mol. The van der Waals surface area contributed by atoms with Gasteiger partial charge in [-0.15, -0.1) is 0 Å². The maximum Gasteiger partial charge on any atom is 0.174 e. The van der Waals surface area contributed by atoms with Crippen LogP contribution in [-0.2, 0) is 4.74 Å². The van der Waals surface area contributed by atoms with E-state index < -0.39 is 6.29 Å². The van der Waals surface area contributed by atoms with Crippen molar-refractivity contribution in [2.45, 2.75) is 6.29 Å². The third-order valence-corrected chi connectivity index (χ3v) is 1.65. The van der Waals surface area contributed by atoms with Gasteiger partial charge in [-0.25, -0.2) is 0 Å². The molecule has 0 rings (SSSR count). The molecule has 0 amide bonds. The monoisotopic (exact) mass is 218 g/mol. The van der Waals surface area contributed by atoms with Gasteiger partial charge < -0.3 is 9.84 Å². The van der Waals surface area contributed by atoms with Gasteiger partial charge in [-0.3, -0.25) is 0 Å². The summed E-state index contributed by atoms with van der Waals surface area (Å²) in [6.07, 6.45) is 12.6. The first-order valence-corrected chi connectivity index (χ1v) is 4.94. The molecule has 2 heteroatoms. The third-order valence-electron chi connectivity index (χ3n) is 1.65. The van der Waals surface area contributed by atoms with Gasteiger partial charge >= 0.3 is 0 Å². The van der Waals surface area contributed by atoms with Crippen LogP contribution in [0.15, 0.2) is 73.9 Å². The fourth-order valence-electron chi connectivity index (χ4n) is 0.866. The fraction of sp³-hybridized carbons (Fsp3) is 0.143. The molecule has 0 heterocycles. The molecule has 0 saturated heterocycles. The van der Waals surface area contributed by atoms with Crippen LogP contribution in [0.2, 0.25) is 0 Å². The lowest BCUT2D eigenvalue weighted by molar-refractivity contribution is -0.0539. The van der Waals surface area contributed by atoms with Gasteiger partial charge in [-0.2, -0.15) is 0 Å². The summed E-state index contributed by atoms with van der Waals surface area (Å²) in [7, 11) is 0. The minimum Gasteiger partial charge on any atom is -0.365 e. The first kappa shape index (κ1) is 14.4. The van der Waals surface area contributed by atoms with Crippen LogP contribution < -0.4 is 0 Å². The number of hydrogen-bond acceptors (Lipinski definition) is 2. The first-order chi connectivity index (χ1) is 7.74. The Kier molecular flexibility index (Phi) is 8.88. The van der Waals surface area contributed by atoms with Crippen molar-refractivity contribution in [3.8, 4) is 0 Å². The van der Waals surface area contributed by atoms with Crippen molar-refractivity contribution in [1.82, 2.24) is 0 Å². The summed E-state index contributed by atoms with van der Waals surface area (Å²) in [5.74, 6) is 0. The second kappa shape index (κ2) is 9.90. The van der Waals surface area contributed by atoms with Crippen LogP contribution in [0, 0.1) is 0 Å². The van der Waals surface area contributed by atoms with E-state index in [1.807, 2.05) is 0 Å². The van der Waals surface area contributed by atoms with Crippen molar-refractivity contribution in [1.29, 1.82) is 0 Å². The Hall–Kier alpha value is -1.64. The summed E-state index contributed by atoms with van der Waals surface area (Å²) in [6, 6.07) is 0. The van der Waals surface area contributed by atoms with Crippen LogP contribution in [0.25, 0.3) is 0 Å². The second-order valence-electron chi connectivity index (χ2n) is 2.89. The van der Waals surface area contributed by atoms with E-state index in [0.717, 1.165) is 5.57 Å². The highest BCUT2D eigenvalue weighted by Gasteiger charge is 1.98. The summed E-state index contributed by atoms with van der Waals surface area (Å²) in [5, 5.41) is 9.41. The van der Waals surface area contributed by atoms with Gasteiger partial charge in [0, 0.05) is 0 Å². The van der Waals surface area contributed by atoms with Gasteiger partial charge in [0.25, 0.3) is 0 Å².